The number of hydrogen-bond donors (Lipinski definition) is 2. The summed E-state index contributed by atoms with van der Waals surface area (Å²) in [6, 6.07) is 25.8. The van der Waals surface area contributed by atoms with Gasteiger partial charge >= 0.3 is 0 Å². The van der Waals surface area contributed by atoms with Crippen LogP contribution in [0.2, 0.25) is 0 Å². The molecule has 0 aromatic heterocycles. The van der Waals surface area contributed by atoms with E-state index >= 15 is 0 Å². The molecule has 4 aromatic rings. The summed E-state index contributed by atoms with van der Waals surface area (Å²) in [5.74, 6) is 0.753. The molecule has 0 aliphatic rings. The van der Waals surface area contributed by atoms with Gasteiger partial charge < -0.3 is 10.1 Å². The van der Waals surface area contributed by atoms with Gasteiger partial charge in [0.25, 0.3) is 10.0 Å². The minimum absolute atomic E-state index is 0.00279. The molecule has 33 heavy (non-hydrogen) atoms. The van der Waals surface area contributed by atoms with E-state index in [1.54, 1.807) is 6.07 Å². The van der Waals surface area contributed by atoms with Crippen molar-refractivity contribution in [2.75, 3.05) is 10.0 Å². The van der Waals surface area contributed by atoms with E-state index in [1.165, 1.54) is 43.3 Å². The van der Waals surface area contributed by atoms with Crippen molar-refractivity contribution in [2.45, 2.75) is 11.8 Å². The van der Waals surface area contributed by atoms with Crippen LogP contribution in [0.4, 0.5) is 11.4 Å². The van der Waals surface area contributed by atoms with Gasteiger partial charge in [-0.2, -0.15) is 5.26 Å². The average Bonchev–Trinajstić information content (AvgIpc) is 2.80. The van der Waals surface area contributed by atoms with Crippen LogP contribution < -0.4 is 14.8 Å². The molecular weight excluding hydrogens is 438 g/mol. The predicted molar refractivity (Wildman–Crippen MR) is 127 cm³/mol. The summed E-state index contributed by atoms with van der Waals surface area (Å²) in [4.78, 5) is 11.1. The van der Waals surface area contributed by atoms with Crippen molar-refractivity contribution in [3.05, 3.63) is 90.5 Å². The number of amides is 1. The first-order chi connectivity index (χ1) is 15.8. The number of nitrogens with zero attached hydrogens (tertiary/aromatic N) is 1. The summed E-state index contributed by atoms with van der Waals surface area (Å²) in [6.07, 6.45) is 0. The molecule has 0 radical (unpaired) electrons. The Hall–Kier alpha value is -4.35. The van der Waals surface area contributed by atoms with E-state index in [1.807, 2.05) is 48.5 Å². The fraction of sp³-hybridized carbons (Fsp3) is 0.0400. The standard InChI is InChI=1S/C25H19N3O4S/c1-17(29)27-21-7-11-24(12-8-21)33(30,31)28-25-13-10-23(15-20(25)16-26)32-22-9-6-18-4-2-3-5-19(18)14-22/h2-15,28H,1H3,(H,27,29). The lowest BCUT2D eigenvalue weighted by Crippen LogP contribution is -2.14. The molecule has 2 N–H and O–H groups in total. The second kappa shape index (κ2) is 9.02. The molecule has 1 amide bonds. The summed E-state index contributed by atoms with van der Waals surface area (Å²) in [5.41, 5.74) is 0.732. The maximum absolute atomic E-state index is 12.8. The summed E-state index contributed by atoms with van der Waals surface area (Å²) in [6.45, 7) is 1.36. The molecule has 8 heteroatoms. The molecule has 0 bridgehead atoms. The Morgan fingerprint density at radius 2 is 1.55 bits per heavy atom. The summed E-state index contributed by atoms with van der Waals surface area (Å²) in [7, 11) is -3.94. The molecule has 0 saturated carbocycles. The van der Waals surface area contributed by atoms with E-state index < -0.39 is 10.0 Å². The number of rotatable bonds is 6. The van der Waals surface area contributed by atoms with Gasteiger partial charge in [0, 0.05) is 18.7 Å². The van der Waals surface area contributed by atoms with E-state index in [0.29, 0.717) is 17.2 Å². The van der Waals surface area contributed by atoms with Crippen LogP contribution in [0.25, 0.3) is 10.8 Å². The minimum atomic E-state index is -3.94. The third kappa shape index (κ3) is 5.11. The van der Waals surface area contributed by atoms with Gasteiger partial charge in [-0.1, -0.05) is 30.3 Å². The van der Waals surface area contributed by atoms with E-state index in [2.05, 4.69) is 10.0 Å². The van der Waals surface area contributed by atoms with E-state index in [0.717, 1.165) is 10.8 Å². The number of nitrogens with one attached hydrogen (secondary N) is 2. The van der Waals surface area contributed by atoms with Gasteiger partial charge in [0.05, 0.1) is 16.1 Å². The highest BCUT2D eigenvalue weighted by Gasteiger charge is 2.17. The fourth-order valence-corrected chi connectivity index (χ4v) is 4.34. The van der Waals surface area contributed by atoms with Gasteiger partial charge in [0.1, 0.15) is 17.6 Å². The van der Waals surface area contributed by atoms with Crippen molar-refractivity contribution in [1.82, 2.24) is 0 Å². The smallest absolute Gasteiger partial charge is 0.261 e. The Kier molecular flexibility index (Phi) is 5.98. The number of hydrogen-bond acceptors (Lipinski definition) is 5. The molecular formula is C25H19N3O4S. The van der Waals surface area contributed by atoms with Crippen molar-refractivity contribution in [3.63, 3.8) is 0 Å². The third-order valence-corrected chi connectivity index (χ3v) is 6.18. The first kappa shape index (κ1) is 21.9. The van der Waals surface area contributed by atoms with Gasteiger partial charge in [-0.3, -0.25) is 9.52 Å². The van der Waals surface area contributed by atoms with Gasteiger partial charge in [-0.05, 0) is 59.3 Å². The minimum Gasteiger partial charge on any atom is -0.457 e. The second-order valence-corrected chi connectivity index (χ2v) is 8.92. The number of anilines is 2. The fourth-order valence-electron chi connectivity index (χ4n) is 3.26. The van der Waals surface area contributed by atoms with Crippen molar-refractivity contribution >= 4 is 38.1 Å². The Labute approximate surface area is 191 Å². The number of carbonyl (C=O) groups excluding carboxylic acids is 1. The predicted octanol–water partition coefficient (Wildman–Crippen LogP) is 5.26. The van der Waals surface area contributed by atoms with E-state index in [-0.39, 0.29) is 22.1 Å². The second-order valence-electron chi connectivity index (χ2n) is 7.24. The Balaban J connectivity index is 1.54. The number of fused-ring (bicyclic) bond motifs is 1. The van der Waals surface area contributed by atoms with Crippen LogP contribution in [0, 0.1) is 11.3 Å². The van der Waals surface area contributed by atoms with Crippen LogP contribution in [-0.2, 0) is 14.8 Å². The number of ether oxygens (including phenoxy) is 1. The van der Waals surface area contributed by atoms with Gasteiger partial charge in [0.15, 0.2) is 0 Å². The number of benzene rings is 4. The van der Waals surface area contributed by atoms with Gasteiger partial charge in [-0.15, -0.1) is 0 Å². The normalized spacial score (nSPS) is 10.9. The quantitative estimate of drug-likeness (QED) is 0.410. The maximum Gasteiger partial charge on any atom is 0.261 e. The van der Waals surface area contributed by atoms with Crippen molar-refractivity contribution in [2.24, 2.45) is 0 Å². The van der Waals surface area contributed by atoms with Crippen LogP contribution in [0.15, 0.2) is 89.8 Å². The molecule has 0 fully saturated rings. The van der Waals surface area contributed by atoms with Crippen LogP contribution in [0.1, 0.15) is 12.5 Å². The lowest BCUT2D eigenvalue weighted by molar-refractivity contribution is -0.114. The molecule has 164 valence electrons. The summed E-state index contributed by atoms with van der Waals surface area (Å²) in [5, 5.41) is 14.2. The van der Waals surface area contributed by atoms with Crippen molar-refractivity contribution < 1.29 is 17.9 Å². The molecule has 0 heterocycles. The molecule has 0 saturated heterocycles. The molecule has 7 nitrogen and oxygen atoms in total. The number of carbonyl (C=O) groups is 1. The zero-order valence-corrected chi connectivity index (χ0v) is 18.4. The monoisotopic (exact) mass is 457 g/mol. The number of nitriles is 1. The zero-order valence-electron chi connectivity index (χ0n) is 17.6. The Morgan fingerprint density at radius 1 is 0.879 bits per heavy atom. The molecule has 0 spiro atoms. The lowest BCUT2D eigenvalue weighted by atomic mass is 10.1. The zero-order chi connectivity index (χ0) is 23.4. The van der Waals surface area contributed by atoms with Crippen LogP contribution >= 0.6 is 0 Å². The highest BCUT2D eigenvalue weighted by molar-refractivity contribution is 7.92. The molecule has 0 atom stereocenters. The number of sulfonamides is 1. The maximum atomic E-state index is 12.8. The first-order valence-electron chi connectivity index (χ1n) is 9.95. The molecule has 0 unspecified atom stereocenters. The van der Waals surface area contributed by atoms with Crippen LogP contribution in [-0.4, -0.2) is 14.3 Å². The third-order valence-electron chi connectivity index (χ3n) is 4.80. The van der Waals surface area contributed by atoms with Gasteiger partial charge in [-0.25, -0.2) is 8.42 Å². The molecule has 4 rings (SSSR count). The largest absolute Gasteiger partial charge is 0.457 e. The Bertz CT molecular complexity index is 1490. The molecule has 0 aliphatic heterocycles. The van der Waals surface area contributed by atoms with E-state index in [4.69, 9.17) is 4.74 Å². The summed E-state index contributed by atoms with van der Waals surface area (Å²) < 4.78 is 33.8. The molecule has 4 aromatic carbocycles. The summed E-state index contributed by atoms with van der Waals surface area (Å²) >= 11 is 0. The Morgan fingerprint density at radius 3 is 2.24 bits per heavy atom. The highest BCUT2D eigenvalue weighted by atomic mass is 32.2. The highest BCUT2D eigenvalue weighted by Crippen LogP contribution is 2.29. The average molecular weight is 458 g/mol. The van der Waals surface area contributed by atoms with Crippen LogP contribution in [0.3, 0.4) is 0 Å². The first-order valence-corrected chi connectivity index (χ1v) is 11.4. The molecule has 0 aliphatic carbocycles. The van der Waals surface area contributed by atoms with Crippen molar-refractivity contribution in [3.8, 4) is 17.6 Å². The van der Waals surface area contributed by atoms with Crippen molar-refractivity contribution in [1.29, 1.82) is 5.26 Å². The van der Waals surface area contributed by atoms with E-state index in [9.17, 15) is 18.5 Å². The van der Waals surface area contributed by atoms with Crippen LogP contribution in [0.5, 0.6) is 11.5 Å². The lowest BCUT2D eigenvalue weighted by Gasteiger charge is -2.12. The SMILES string of the molecule is CC(=O)Nc1ccc(S(=O)(=O)Nc2ccc(Oc3ccc4ccccc4c3)cc2C#N)cc1. The van der Waals surface area contributed by atoms with Gasteiger partial charge in [0.2, 0.25) is 5.91 Å². The topological polar surface area (TPSA) is 108 Å².